The van der Waals surface area contributed by atoms with E-state index in [0.29, 0.717) is 5.75 Å². The Morgan fingerprint density at radius 3 is 2.42 bits per heavy atom. The number of phenolic OH excluding ortho intramolecular Hbond substituents is 1. The standard InChI is InChI=1S/C9H13NO.ClH/c1-6-3-4-8(7(2)10)9(11)5-6;/h3-5,7,11H,10H2,1-2H3;1H/t7-;/m1./s1. The number of aromatic hydroxyl groups is 1. The van der Waals surface area contributed by atoms with Crippen LogP contribution in [-0.2, 0) is 0 Å². The number of halogens is 1. The maximum atomic E-state index is 9.38. The first-order chi connectivity index (χ1) is 5.11. The molecule has 1 atom stereocenters. The van der Waals surface area contributed by atoms with Crippen LogP contribution in [0.4, 0.5) is 0 Å². The molecule has 68 valence electrons. The Kier molecular flexibility index (Phi) is 4.07. The largest absolute Gasteiger partial charge is 0.508 e. The van der Waals surface area contributed by atoms with Crippen molar-refractivity contribution < 1.29 is 5.11 Å². The second kappa shape index (κ2) is 4.33. The van der Waals surface area contributed by atoms with Gasteiger partial charge in [-0.25, -0.2) is 0 Å². The minimum absolute atomic E-state index is 0. The minimum atomic E-state index is -0.101. The lowest BCUT2D eigenvalue weighted by molar-refractivity contribution is 0.463. The molecule has 3 N–H and O–H groups in total. The molecule has 0 unspecified atom stereocenters. The van der Waals surface area contributed by atoms with E-state index in [1.54, 1.807) is 6.07 Å². The third-order valence-corrected chi connectivity index (χ3v) is 1.68. The molecule has 1 rings (SSSR count). The lowest BCUT2D eigenvalue weighted by Gasteiger charge is -2.07. The molecular formula is C9H14ClNO. The van der Waals surface area contributed by atoms with Crippen molar-refractivity contribution in [3.05, 3.63) is 29.3 Å². The fourth-order valence-electron chi connectivity index (χ4n) is 1.04. The predicted molar refractivity (Wildman–Crippen MR) is 52.7 cm³/mol. The van der Waals surface area contributed by atoms with Crippen molar-refractivity contribution in [1.82, 2.24) is 0 Å². The van der Waals surface area contributed by atoms with Gasteiger partial charge in [-0.15, -0.1) is 12.4 Å². The van der Waals surface area contributed by atoms with E-state index in [-0.39, 0.29) is 18.4 Å². The zero-order valence-electron chi connectivity index (χ0n) is 7.24. The van der Waals surface area contributed by atoms with Crippen molar-refractivity contribution in [2.24, 2.45) is 5.73 Å². The second-order valence-electron chi connectivity index (χ2n) is 2.85. The Bertz CT molecular complexity index is 261. The first kappa shape index (κ1) is 11.3. The van der Waals surface area contributed by atoms with Gasteiger partial charge < -0.3 is 10.8 Å². The molecule has 0 spiro atoms. The summed E-state index contributed by atoms with van der Waals surface area (Å²) in [6, 6.07) is 5.42. The van der Waals surface area contributed by atoms with Gasteiger partial charge in [-0.2, -0.15) is 0 Å². The Hall–Kier alpha value is -0.730. The molecule has 0 heterocycles. The van der Waals surface area contributed by atoms with E-state index in [4.69, 9.17) is 5.73 Å². The maximum absolute atomic E-state index is 9.38. The maximum Gasteiger partial charge on any atom is 0.120 e. The van der Waals surface area contributed by atoms with E-state index in [2.05, 4.69) is 0 Å². The van der Waals surface area contributed by atoms with Crippen LogP contribution >= 0.6 is 12.4 Å². The van der Waals surface area contributed by atoms with Gasteiger partial charge in [-0.05, 0) is 25.5 Å². The minimum Gasteiger partial charge on any atom is -0.508 e. The summed E-state index contributed by atoms with van der Waals surface area (Å²) >= 11 is 0. The molecule has 1 aromatic rings. The van der Waals surface area contributed by atoms with Crippen LogP contribution in [0.1, 0.15) is 24.1 Å². The zero-order chi connectivity index (χ0) is 8.43. The monoisotopic (exact) mass is 187 g/mol. The number of hydrogen-bond acceptors (Lipinski definition) is 2. The van der Waals surface area contributed by atoms with Gasteiger partial charge in [-0.3, -0.25) is 0 Å². The Morgan fingerprint density at radius 1 is 1.42 bits per heavy atom. The molecule has 1 aromatic carbocycles. The molecule has 0 saturated carbocycles. The van der Waals surface area contributed by atoms with Gasteiger partial charge in [0.05, 0.1) is 0 Å². The van der Waals surface area contributed by atoms with E-state index in [1.165, 1.54) is 0 Å². The van der Waals surface area contributed by atoms with Gasteiger partial charge in [-0.1, -0.05) is 12.1 Å². The molecule has 0 fully saturated rings. The lowest BCUT2D eigenvalue weighted by atomic mass is 10.1. The van der Waals surface area contributed by atoms with Gasteiger partial charge in [0.25, 0.3) is 0 Å². The first-order valence-electron chi connectivity index (χ1n) is 3.66. The molecule has 0 radical (unpaired) electrons. The highest BCUT2D eigenvalue weighted by atomic mass is 35.5. The van der Waals surface area contributed by atoms with Crippen molar-refractivity contribution in [3.63, 3.8) is 0 Å². The number of benzene rings is 1. The average molecular weight is 188 g/mol. The van der Waals surface area contributed by atoms with Crippen molar-refractivity contribution in [3.8, 4) is 5.75 Å². The number of rotatable bonds is 1. The molecule has 0 saturated heterocycles. The SMILES string of the molecule is Cc1ccc([C@@H](C)N)c(O)c1.Cl. The third-order valence-electron chi connectivity index (χ3n) is 1.68. The normalized spacial score (nSPS) is 11.9. The van der Waals surface area contributed by atoms with Gasteiger partial charge in [0.2, 0.25) is 0 Å². The zero-order valence-corrected chi connectivity index (χ0v) is 8.06. The summed E-state index contributed by atoms with van der Waals surface area (Å²) in [7, 11) is 0. The molecule has 0 aromatic heterocycles. The summed E-state index contributed by atoms with van der Waals surface area (Å²) in [5, 5.41) is 9.38. The Morgan fingerprint density at radius 2 is 2.00 bits per heavy atom. The van der Waals surface area contributed by atoms with Crippen molar-refractivity contribution in [1.29, 1.82) is 0 Å². The highest BCUT2D eigenvalue weighted by molar-refractivity contribution is 5.85. The number of nitrogens with two attached hydrogens (primary N) is 1. The molecular weight excluding hydrogens is 174 g/mol. The van der Waals surface area contributed by atoms with Gasteiger partial charge in [0, 0.05) is 11.6 Å². The fourth-order valence-corrected chi connectivity index (χ4v) is 1.04. The smallest absolute Gasteiger partial charge is 0.120 e. The summed E-state index contributed by atoms with van der Waals surface area (Å²) in [6.07, 6.45) is 0. The van der Waals surface area contributed by atoms with Crippen molar-refractivity contribution in [2.45, 2.75) is 19.9 Å². The Balaban J connectivity index is 0.00000121. The first-order valence-corrected chi connectivity index (χ1v) is 3.66. The fraction of sp³-hybridized carbons (Fsp3) is 0.333. The molecule has 0 aliphatic carbocycles. The quantitative estimate of drug-likeness (QED) is 0.708. The van der Waals surface area contributed by atoms with E-state index < -0.39 is 0 Å². The van der Waals surface area contributed by atoms with Crippen molar-refractivity contribution in [2.75, 3.05) is 0 Å². The molecule has 2 nitrogen and oxygen atoms in total. The lowest BCUT2D eigenvalue weighted by Crippen LogP contribution is -2.04. The molecule has 12 heavy (non-hydrogen) atoms. The van der Waals surface area contributed by atoms with E-state index in [1.807, 2.05) is 26.0 Å². The van der Waals surface area contributed by atoms with Crippen LogP contribution in [-0.4, -0.2) is 5.11 Å². The summed E-state index contributed by atoms with van der Waals surface area (Å²) in [6.45, 7) is 3.79. The summed E-state index contributed by atoms with van der Waals surface area (Å²) in [5.41, 5.74) is 7.45. The van der Waals surface area contributed by atoms with Crippen LogP contribution in [0.5, 0.6) is 5.75 Å². The molecule has 3 heteroatoms. The average Bonchev–Trinajstić information content (AvgIpc) is 1.85. The number of phenols is 1. The van der Waals surface area contributed by atoms with Gasteiger partial charge in [0.15, 0.2) is 0 Å². The summed E-state index contributed by atoms with van der Waals surface area (Å²) in [4.78, 5) is 0. The van der Waals surface area contributed by atoms with E-state index >= 15 is 0 Å². The topological polar surface area (TPSA) is 46.2 Å². The van der Waals surface area contributed by atoms with Crippen LogP contribution in [0, 0.1) is 6.92 Å². The van der Waals surface area contributed by atoms with Gasteiger partial charge in [0.1, 0.15) is 5.75 Å². The Labute approximate surface area is 78.8 Å². The molecule has 0 amide bonds. The number of hydrogen-bond donors (Lipinski definition) is 2. The second-order valence-corrected chi connectivity index (χ2v) is 2.85. The molecule has 0 aliphatic rings. The van der Waals surface area contributed by atoms with Crippen LogP contribution in [0.15, 0.2) is 18.2 Å². The van der Waals surface area contributed by atoms with Crippen LogP contribution in [0.3, 0.4) is 0 Å². The van der Waals surface area contributed by atoms with Crippen LogP contribution in [0.25, 0.3) is 0 Å². The summed E-state index contributed by atoms with van der Waals surface area (Å²) < 4.78 is 0. The molecule has 0 bridgehead atoms. The van der Waals surface area contributed by atoms with Crippen LogP contribution < -0.4 is 5.73 Å². The van der Waals surface area contributed by atoms with E-state index in [0.717, 1.165) is 11.1 Å². The van der Waals surface area contributed by atoms with Crippen LogP contribution in [0.2, 0.25) is 0 Å². The summed E-state index contributed by atoms with van der Waals surface area (Å²) in [5.74, 6) is 0.292. The number of aryl methyl sites for hydroxylation is 1. The van der Waals surface area contributed by atoms with E-state index in [9.17, 15) is 5.11 Å². The van der Waals surface area contributed by atoms with Crippen molar-refractivity contribution >= 4 is 12.4 Å². The highest BCUT2D eigenvalue weighted by Crippen LogP contribution is 2.22. The highest BCUT2D eigenvalue weighted by Gasteiger charge is 2.04. The van der Waals surface area contributed by atoms with Gasteiger partial charge >= 0.3 is 0 Å². The molecule has 0 aliphatic heterocycles. The predicted octanol–water partition coefficient (Wildman–Crippen LogP) is 2.14. The third kappa shape index (κ3) is 2.40.